The van der Waals surface area contributed by atoms with Crippen LogP contribution >= 0.6 is 0 Å². The zero-order valence-corrected chi connectivity index (χ0v) is 24.8. The molecule has 0 radical (unpaired) electrons. The molecule has 1 aromatic rings. The number of rotatable bonds is 8. The number of aliphatic imine (C=N–C) groups is 1. The van der Waals surface area contributed by atoms with Crippen molar-refractivity contribution < 1.29 is 33.4 Å². The molecule has 0 saturated heterocycles. The number of hydrazine groups is 1. The third-order valence-electron chi connectivity index (χ3n) is 4.27. The molecule has 220 valence electrons. The molecule has 39 heavy (non-hydrogen) atoms. The van der Waals surface area contributed by atoms with Crippen molar-refractivity contribution in [2.45, 2.75) is 41.5 Å². The van der Waals surface area contributed by atoms with Gasteiger partial charge in [0, 0.05) is 39.8 Å². The minimum atomic E-state index is -0.566. The maximum atomic E-state index is 11.2. The van der Waals surface area contributed by atoms with Crippen molar-refractivity contribution >= 4 is 29.9 Å². The van der Waals surface area contributed by atoms with Crippen molar-refractivity contribution in [3.63, 3.8) is 0 Å². The lowest BCUT2D eigenvalue weighted by Gasteiger charge is -2.08. The molecule has 1 aromatic heterocycles. The van der Waals surface area contributed by atoms with E-state index in [1.165, 1.54) is 13.1 Å². The highest BCUT2D eigenvalue weighted by molar-refractivity contribution is 6.16. The van der Waals surface area contributed by atoms with Gasteiger partial charge >= 0.3 is 17.9 Å². The Kier molecular flexibility index (Phi) is 20.2. The predicted octanol–water partition coefficient (Wildman–Crippen LogP) is 1.52. The summed E-state index contributed by atoms with van der Waals surface area (Å²) in [5, 5.41) is 4.03. The summed E-state index contributed by atoms with van der Waals surface area (Å²) in [5.74, 6) is 3.19. The highest BCUT2D eigenvalue weighted by Crippen LogP contribution is 2.10. The van der Waals surface area contributed by atoms with Gasteiger partial charge in [0.15, 0.2) is 5.78 Å². The SMILES string of the molecule is CCOC(=O)C(=CN(C)C)C(C)=O.CCOC(=O)C1=C(C)CN=C1.CCOC(=O)c1cn(C)nc1C.CNN. The van der Waals surface area contributed by atoms with Crippen LogP contribution in [0.2, 0.25) is 0 Å². The molecule has 0 amide bonds. The molecule has 0 unspecified atom stereocenters. The predicted molar refractivity (Wildman–Crippen MR) is 149 cm³/mol. The van der Waals surface area contributed by atoms with E-state index in [2.05, 4.69) is 21.4 Å². The van der Waals surface area contributed by atoms with Gasteiger partial charge < -0.3 is 19.1 Å². The fourth-order valence-electron chi connectivity index (χ4n) is 2.67. The van der Waals surface area contributed by atoms with Gasteiger partial charge in [0.1, 0.15) is 11.1 Å². The molecule has 0 saturated carbocycles. The van der Waals surface area contributed by atoms with Gasteiger partial charge in [-0.05, 0) is 54.2 Å². The van der Waals surface area contributed by atoms with Gasteiger partial charge in [-0.25, -0.2) is 14.4 Å². The number of hydrogen-bond donors (Lipinski definition) is 2. The summed E-state index contributed by atoms with van der Waals surface area (Å²) >= 11 is 0. The fraction of sp³-hybridized carbons (Fsp3) is 0.538. The number of ether oxygens (including phenoxy) is 3. The summed E-state index contributed by atoms with van der Waals surface area (Å²) < 4.78 is 15.9. The molecule has 0 aromatic carbocycles. The van der Waals surface area contributed by atoms with E-state index in [4.69, 9.17) is 14.2 Å². The van der Waals surface area contributed by atoms with E-state index < -0.39 is 5.97 Å². The average molecular weight is 553 g/mol. The molecular weight excluding hydrogens is 508 g/mol. The minimum absolute atomic E-state index is 0.0758. The van der Waals surface area contributed by atoms with Crippen LogP contribution in [0.1, 0.15) is 50.7 Å². The quantitative estimate of drug-likeness (QED) is 0.0912. The smallest absolute Gasteiger partial charge is 0.343 e. The van der Waals surface area contributed by atoms with Crippen LogP contribution in [0.5, 0.6) is 0 Å². The molecule has 13 heteroatoms. The van der Waals surface area contributed by atoms with Crippen LogP contribution in [0.3, 0.4) is 0 Å². The third kappa shape index (κ3) is 15.9. The summed E-state index contributed by atoms with van der Waals surface area (Å²) in [5.41, 5.74) is 5.18. The molecule has 0 spiro atoms. The fourth-order valence-corrected chi connectivity index (χ4v) is 2.67. The summed E-state index contributed by atoms with van der Waals surface area (Å²) in [7, 11) is 6.90. The third-order valence-corrected chi connectivity index (χ3v) is 4.27. The standard InChI is InChI=1S/C9H15NO3.C8H12N2O2.C8H11NO2.CH6N2/c1-5-13-9(12)8(7(2)11)6-10(3)4;1-4-12-8(11)7-5-10(3)9-6(7)2;1-3-11-8(10)7-5-9-4-6(7)2;1-3-2/h6H,5H2,1-4H3;5H,4H2,1-3H3;5H,3-4H2,1-2H3;3H,2H2,1H3. The maximum Gasteiger partial charge on any atom is 0.343 e. The second kappa shape index (κ2) is 21.1. The lowest BCUT2D eigenvalue weighted by Crippen LogP contribution is -2.17. The Balaban J connectivity index is 0. The lowest BCUT2D eigenvalue weighted by molar-refractivity contribution is -0.140. The van der Waals surface area contributed by atoms with Gasteiger partial charge in [-0.1, -0.05) is 0 Å². The number of nitrogens with two attached hydrogens (primary N) is 1. The first-order valence-electron chi connectivity index (χ1n) is 12.3. The van der Waals surface area contributed by atoms with Crippen molar-refractivity contribution in [2.75, 3.05) is 47.5 Å². The number of carbonyl (C=O) groups is 4. The first-order valence-corrected chi connectivity index (χ1v) is 12.3. The van der Waals surface area contributed by atoms with E-state index in [0.717, 1.165) is 5.57 Å². The van der Waals surface area contributed by atoms with Gasteiger partial charge in [0.2, 0.25) is 0 Å². The summed E-state index contributed by atoms with van der Waals surface area (Å²) in [6.07, 6.45) is 4.70. The highest BCUT2D eigenvalue weighted by Gasteiger charge is 2.16. The van der Waals surface area contributed by atoms with Crippen LogP contribution in [-0.2, 0) is 35.6 Å². The number of ketones is 1. The Morgan fingerprint density at radius 3 is 1.92 bits per heavy atom. The Bertz CT molecular complexity index is 1030. The van der Waals surface area contributed by atoms with Crippen molar-refractivity contribution in [1.29, 1.82) is 0 Å². The minimum Gasteiger partial charge on any atom is -0.462 e. The molecule has 2 heterocycles. The number of carbonyl (C=O) groups excluding carboxylic acids is 4. The van der Waals surface area contributed by atoms with Gasteiger partial charge in [0.25, 0.3) is 0 Å². The van der Waals surface area contributed by atoms with Gasteiger partial charge in [-0.3, -0.25) is 25.7 Å². The molecule has 1 aliphatic rings. The van der Waals surface area contributed by atoms with Gasteiger partial charge in [0.05, 0.1) is 37.6 Å². The van der Waals surface area contributed by atoms with Gasteiger partial charge in [-0.15, -0.1) is 0 Å². The van der Waals surface area contributed by atoms with Crippen molar-refractivity contribution in [3.8, 4) is 0 Å². The molecule has 0 aliphatic carbocycles. The molecule has 1 aliphatic heterocycles. The van der Waals surface area contributed by atoms with Crippen LogP contribution in [0.4, 0.5) is 0 Å². The highest BCUT2D eigenvalue weighted by atomic mass is 16.5. The van der Waals surface area contributed by atoms with E-state index >= 15 is 0 Å². The topological polar surface area (TPSA) is 167 Å². The number of esters is 3. The number of aromatic nitrogens is 2. The first kappa shape index (κ1) is 37.3. The number of aryl methyl sites for hydroxylation is 2. The monoisotopic (exact) mass is 552 g/mol. The molecule has 2 rings (SSSR count). The maximum absolute atomic E-state index is 11.2. The lowest BCUT2D eigenvalue weighted by atomic mass is 10.2. The zero-order valence-electron chi connectivity index (χ0n) is 24.8. The Labute approximate surface area is 231 Å². The largest absolute Gasteiger partial charge is 0.462 e. The molecule has 0 atom stereocenters. The van der Waals surface area contributed by atoms with Crippen molar-refractivity contribution in [1.82, 2.24) is 20.1 Å². The molecule has 0 fully saturated rings. The van der Waals surface area contributed by atoms with Crippen LogP contribution < -0.4 is 11.3 Å². The molecule has 0 bridgehead atoms. The summed E-state index contributed by atoms with van der Waals surface area (Å²) in [6.45, 7) is 12.0. The second-order valence-corrected chi connectivity index (χ2v) is 7.98. The molecule has 3 N–H and O–H groups in total. The van der Waals surface area contributed by atoms with E-state index in [0.29, 0.717) is 36.6 Å². The number of Topliss-reactive ketones (excluding diaryl/α,β-unsaturated/α-hetero) is 1. The summed E-state index contributed by atoms with van der Waals surface area (Å²) in [4.78, 5) is 50.1. The van der Waals surface area contributed by atoms with E-state index in [9.17, 15) is 19.2 Å². The van der Waals surface area contributed by atoms with Crippen LogP contribution in [0, 0.1) is 6.92 Å². The number of nitrogens with one attached hydrogen (secondary N) is 1. The number of nitrogens with zero attached hydrogens (tertiary/aromatic N) is 4. The van der Waals surface area contributed by atoms with Crippen LogP contribution in [-0.4, -0.2) is 92.1 Å². The second-order valence-electron chi connectivity index (χ2n) is 7.98. The molecule has 13 nitrogen and oxygen atoms in total. The van der Waals surface area contributed by atoms with Crippen molar-refractivity contribution in [3.05, 3.63) is 40.4 Å². The van der Waals surface area contributed by atoms with E-state index in [-0.39, 0.29) is 29.9 Å². The average Bonchev–Trinajstić information content (AvgIpc) is 3.43. The Morgan fingerprint density at radius 1 is 1.05 bits per heavy atom. The van der Waals surface area contributed by atoms with Gasteiger partial charge in [-0.2, -0.15) is 5.10 Å². The van der Waals surface area contributed by atoms with E-state index in [1.54, 1.807) is 77.9 Å². The van der Waals surface area contributed by atoms with Crippen molar-refractivity contribution in [2.24, 2.45) is 17.9 Å². The zero-order chi connectivity index (χ0) is 30.5. The molecular formula is C26H44N6O7. The first-order chi connectivity index (χ1) is 18.3. The normalized spacial score (nSPS) is 11.6. The van der Waals surface area contributed by atoms with Crippen LogP contribution in [0.15, 0.2) is 34.1 Å². The summed E-state index contributed by atoms with van der Waals surface area (Å²) in [6, 6.07) is 0. The van der Waals surface area contributed by atoms with Crippen LogP contribution in [0.25, 0.3) is 0 Å². The Morgan fingerprint density at radius 2 is 1.56 bits per heavy atom. The number of hydrogen-bond acceptors (Lipinski definition) is 12. The Hall–Kier alpha value is -3.84. The van der Waals surface area contributed by atoms with E-state index in [1.807, 2.05) is 6.92 Å².